The number of fused-ring (bicyclic) bond motifs is 1. The molecule has 1 atom stereocenters. The average molecular weight is 207 g/mol. The van der Waals surface area contributed by atoms with E-state index in [2.05, 4.69) is 16.0 Å². The van der Waals surface area contributed by atoms with Crippen LogP contribution in [0.15, 0.2) is 18.3 Å². The number of β-amino-alcohol motifs (C(OH)–C–C–N with tert-alkyl or cyclic N) is 1. The van der Waals surface area contributed by atoms with E-state index in [1.54, 1.807) is 0 Å². The van der Waals surface area contributed by atoms with Crippen molar-refractivity contribution in [1.82, 2.24) is 9.88 Å². The Kier molecular flexibility index (Phi) is 3.30. The molecule has 1 aliphatic rings. The van der Waals surface area contributed by atoms with Gasteiger partial charge >= 0.3 is 0 Å². The number of rotatable bonds is 3. The number of aromatic nitrogens is 1. The van der Waals surface area contributed by atoms with Crippen LogP contribution in [-0.2, 0) is 13.0 Å². The fourth-order valence-corrected chi connectivity index (χ4v) is 1.94. The molecule has 2 heterocycles. The Morgan fingerprint density at radius 1 is 1.60 bits per heavy atom. The van der Waals surface area contributed by atoms with Gasteiger partial charge in [0.05, 0.1) is 11.8 Å². The van der Waals surface area contributed by atoms with E-state index in [0.29, 0.717) is 13.1 Å². The van der Waals surface area contributed by atoms with Gasteiger partial charge < -0.3 is 10.8 Å². The lowest BCUT2D eigenvalue weighted by molar-refractivity contribution is 0.110. The molecular weight excluding hydrogens is 190 g/mol. The molecule has 15 heavy (non-hydrogen) atoms. The van der Waals surface area contributed by atoms with Crippen molar-refractivity contribution in [2.45, 2.75) is 19.1 Å². The lowest BCUT2D eigenvalue weighted by Gasteiger charge is -2.29. The summed E-state index contributed by atoms with van der Waals surface area (Å²) in [6, 6.07) is 4.10. The lowest BCUT2D eigenvalue weighted by Crippen LogP contribution is -2.39. The molecule has 1 aromatic heterocycles. The van der Waals surface area contributed by atoms with Gasteiger partial charge in [-0.2, -0.15) is 0 Å². The standard InChI is InChI=1S/C11H17N3O/c12-6-10(15)7-14-5-3-9-2-1-4-13-11(9)8-14/h1-2,4,10,15H,3,5-8,12H2/t10-/m0/s1. The van der Waals surface area contributed by atoms with Gasteiger partial charge in [0.2, 0.25) is 0 Å². The van der Waals surface area contributed by atoms with Gasteiger partial charge in [0.25, 0.3) is 0 Å². The summed E-state index contributed by atoms with van der Waals surface area (Å²) in [7, 11) is 0. The zero-order valence-corrected chi connectivity index (χ0v) is 8.76. The number of nitrogens with two attached hydrogens (primary N) is 1. The van der Waals surface area contributed by atoms with E-state index in [1.165, 1.54) is 5.56 Å². The van der Waals surface area contributed by atoms with Gasteiger partial charge in [0, 0.05) is 32.4 Å². The third-order valence-electron chi connectivity index (χ3n) is 2.80. The second kappa shape index (κ2) is 4.70. The highest BCUT2D eigenvalue weighted by Crippen LogP contribution is 2.15. The predicted molar refractivity (Wildman–Crippen MR) is 58.3 cm³/mol. The largest absolute Gasteiger partial charge is 0.390 e. The first kappa shape index (κ1) is 10.5. The van der Waals surface area contributed by atoms with E-state index in [9.17, 15) is 5.11 Å². The van der Waals surface area contributed by atoms with E-state index in [4.69, 9.17) is 5.73 Å². The Labute approximate surface area is 89.7 Å². The van der Waals surface area contributed by atoms with Crippen LogP contribution < -0.4 is 5.73 Å². The molecule has 4 nitrogen and oxygen atoms in total. The smallest absolute Gasteiger partial charge is 0.0789 e. The number of hydrogen-bond acceptors (Lipinski definition) is 4. The number of nitrogens with zero attached hydrogens (tertiary/aromatic N) is 2. The van der Waals surface area contributed by atoms with Crippen molar-refractivity contribution in [3.63, 3.8) is 0 Å². The summed E-state index contributed by atoms with van der Waals surface area (Å²) in [5.41, 5.74) is 7.85. The molecule has 3 N–H and O–H groups in total. The van der Waals surface area contributed by atoms with Gasteiger partial charge in [-0.1, -0.05) is 6.07 Å². The number of pyridine rings is 1. The summed E-state index contributed by atoms with van der Waals surface area (Å²) >= 11 is 0. The van der Waals surface area contributed by atoms with Crippen LogP contribution in [0.2, 0.25) is 0 Å². The minimum atomic E-state index is -0.421. The number of aliphatic hydroxyl groups is 1. The molecule has 82 valence electrons. The van der Waals surface area contributed by atoms with E-state index >= 15 is 0 Å². The van der Waals surface area contributed by atoms with Crippen LogP contribution in [0.1, 0.15) is 11.3 Å². The Bertz CT molecular complexity index is 329. The molecular formula is C11H17N3O. The molecule has 0 aliphatic carbocycles. The first-order valence-corrected chi connectivity index (χ1v) is 5.33. The van der Waals surface area contributed by atoms with E-state index < -0.39 is 6.10 Å². The monoisotopic (exact) mass is 207 g/mol. The Hall–Kier alpha value is -0.970. The molecule has 0 unspecified atom stereocenters. The molecule has 4 heteroatoms. The van der Waals surface area contributed by atoms with Crippen molar-refractivity contribution in [3.05, 3.63) is 29.6 Å². The minimum absolute atomic E-state index is 0.325. The summed E-state index contributed by atoms with van der Waals surface area (Å²) < 4.78 is 0. The van der Waals surface area contributed by atoms with Gasteiger partial charge in [0.1, 0.15) is 0 Å². The first-order valence-electron chi connectivity index (χ1n) is 5.33. The summed E-state index contributed by atoms with van der Waals surface area (Å²) in [6.07, 6.45) is 2.41. The normalized spacial score (nSPS) is 18.5. The highest BCUT2D eigenvalue weighted by molar-refractivity contribution is 5.22. The molecule has 2 rings (SSSR count). The summed E-state index contributed by atoms with van der Waals surface area (Å²) in [5.74, 6) is 0. The highest BCUT2D eigenvalue weighted by atomic mass is 16.3. The van der Waals surface area contributed by atoms with Crippen molar-refractivity contribution in [2.24, 2.45) is 5.73 Å². The lowest BCUT2D eigenvalue weighted by atomic mass is 10.1. The van der Waals surface area contributed by atoms with Crippen molar-refractivity contribution in [1.29, 1.82) is 0 Å². The first-order chi connectivity index (χ1) is 7.29. The van der Waals surface area contributed by atoms with Gasteiger partial charge in [-0.25, -0.2) is 0 Å². The number of hydrogen-bond donors (Lipinski definition) is 2. The maximum atomic E-state index is 9.47. The van der Waals surface area contributed by atoms with Crippen LogP contribution in [-0.4, -0.2) is 40.7 Å². The molecule has 0 saturated carbocycles. The Morgan fingerprint density at radius 2 is 2.47 bits per heavy atom. The number of aliphatic hydroxyl groups excluding tert-OH is 1. The molecule has 0 radical (unpaired) electrons. The SMILES string of the molecule is NC[C@H](O)CN1CCc2cccnc2C1. The third-order valence-corrected chi connectivity index (χ3v) is 2.80. The summed E-state index contributed by atoms with van der Waals surface area (Å²) in [5, 5.41) is 9.47. The maximum absolute atomic E-state index is 9.47. The topological polar surface area (TPSA) is 62.4 Å². The van der Waals surface area contributed by atoms with Gasteiger partial charge in [0.15, 0.2) is 0 Å². The Morgan fingerprint density at radius 3 is 3.27 bits per heavy atom. The van der Waals surface area contributed by atoms with Gasteiger partial charge in [-0.3, -0.25) is 9.88 Å². The van der Waals surface area contributed by atoms with Crippen LogP contribution in [0.4, 0.5) is 0 Å². The van der Waals surface area contributed by atoms with E-state index in [0.717, 1.165) is 25.2 Å². The van der Waals surface area contributed by atoms with Crippen molar-refractivity contribution < 1.29 is 5.11 Å². The Balaban J connectivity index is 1.99. The van der Waals surface area contributed by atoms with E-state index in [-0.39, 0.29) is 0 Å². The van der Waals surface area contributed by atoms with Crippen LogP contribution in [0.3, 0.4) is 0 Å². The molecule has 1 aromatic rings. The zero-order valence-electron chi connectivity index (χ0n) is 8.76. The van der Waals surface area contributed by atoms with Crippen LogP contribution >= 0.6 is 0 Å². The molecule has 0 spiro atoms. The molecule has 0 fully saturated rings. The van der Waals surface area contributed by atoms with Crippen molar-refractivity contribution >= 4 is 0 Å². The van der Waals surface area contributed by atoms with Crippen molar-refractivity contribution in [2.75, 3.05) is 19.6 Å². The van der Waals surface area contributed by atoms with Crippen LogP contribution in [0.25, 0.3) is 0 Å². The molecule has 0 saturated heterocycles. The van der Waals surface area contributed by atoms with Crippen LogP contribution in [0, 0.1) is 0 Å². The highest BCUT2D eigenvalue weighted by Gasteiger charge is 2.18. The minimum Gasteiger partial charge on any atom is -0.390 e. The zero-order chi connectivity index (χ0) is 10.7. The molecule has 0 bridgehead atoms. The predicted octanol–water partition coefficient (Wildman–Crippen LogP) is -0.241. The van der Waals surface area contributed by atoms with Gasteiger partial charge in [-0.05, 0) is 18.1 Å². The fraction of sp³-hybridized carbons (Fsp3) is 0.545. The average Bonchev–Trinajstić information content (AvgIpc) is 2.29. The molecule has 0 amide bonds. The third kappa shape index (κ3) is 2.53. The van der Waals surface area contributed by atoms with Crippen molar-refractivity contribution in [3.8, 4) is 0 Å². The quantitative estimate of drug-likeness (QED) is 0.718. The fourth-order valence-electron chi connectivity index (χ4n) is 1.94. The summed E-state index contributed by atoms with van der Waals surface area (Å²) in [4.78, 5) is 6.55. The second-order valence-corrected chi connectivity index (χ2v) is 3.98. The molecule has 1 aliphatic heterocycles. The second-order valence-electron chi connectivity index (χ2n) is 3.98. The molecule has 0 aromatic carbocycles. The summed E-state index contributed by atoms with van der Waals surface area (Å²) in [6.45, 7) is 2.78. The van der Waals surface area contributed by atoms with Crippen LogP contribution in [0.5, 0.6) is 0 Å². The maximum Gasteiger partial charge on any atom is 0.0789 e. The van der Waals surface area contributed by atoms with Gasteiger partial charge in [-0.15, -0.1) is 0 Å². The van der Waals surface area contributed by atoms with E-state index in [1.807, 2.05) is 12.3 Å².